The van der Waals surface area contributed by atoms with Gasteiger partial charge in [0.15, 0.2) is 0 Å². The van der Waals surface area contributed by atoms with Crippen LogP contribution in [0.25, 0.3) is 22.2 Å². The maximum absolute atomic E-state index is 12.5. The fraction of sp³-hybridized carbons (Fsp3) is 0.240. The minimum absolute atomic E-state index is 0.115. The van der Waals surface area contributed by atoms with Crippen LogP contribution >= 0.6 is 0 Å². The van der Waals surface area contributed by atoms with Crippen molar-refractivity contribution in [1.82, 2.24) is 20.2 Å². The number of unbranched alkanes of at least 4 members (excludes halogenated alkanes) is 1. The van der Waals surface area contributed by atoms with Gasteiger partial charge in [0, 0.05) is 12.1 Å². The molecule has 11 heteroatoms. The van der Waals surface area contributed by atoms with Crippen LogP contribution in [0.1, 0.15) is 36.8 Å². The number of ether oxygens (including phenoxy) is 1. The second kappa shape index (κ2) is 11.8. The van der Waals surface area contributed by atoms with Crippen LogP contribution in [-0.2, 0) is 21.6 Å². The Hall–Kier alpha value is -3.80. The van der Waals surface area contributed by atoms with E-state index >= 15 is 0 Å². The number of fused-ring (bicyclic) bond motifs is 1. The Morgan fingerprint density at radius 2 is 1.75 bits per heavy atom. The van der Waals surface area contributed by atoms with Crippen molar-refractivity contribution >= 4 is 27.1 Å². The van der Waals surface area contributed by atoms with Crippen molar-refractivity contribution in [2.45, 2.75) is 31.9 Å². The molecule has 0 saturated heterocycles. The van der Waals surface area contributed by atoms with Crippen molar-refractivity contribution < 1.29 is 22.5 Å². The molecule has 1 atom stereocenters. The molecule has 3 aromatic carbocycles. The van der Waals surface area contributed by atoms with Gasteiger partial charge in [0.05, 0.1) is 0 Å². The highest BCUT2D eigenvalue weighted by Gasteiger charge is 2.22. The van der Waals surface area contributed by atoms with Crippen molar-refractivity contribution in [3.8, 4) is 11.4 Å². The highest BCUT2D eigenvalue weighted by atomic mass is 32.2. The summed E-state index contributed by atoms with van der Waals surface area (Å²) in [4.78, 5) is 17.0. The Morgan fingerprint density at radius 1 is 1.00 bits per heavy atom. The minimum Gasteiger partial charge on any atom is -0.445 e. The number of carbonyl (C=O) groups is 1. The standard InChI is InChI=1S/C25H27N5O5S/c26-36(32,33)27-15-7-6-12-22(28-25(31)34-17-18-8-2-1-3-9-18)24-29-23(30-35-24)21-14-13-19-10-4-5-11-20(19)16-21/h1-5,8-11,13-14,16,22,27H,6-7,12,15,17H2,(H,28,31)(H2,26,32,33)/t22-/m0/s1. The van der Waals surface area contributed by atoms with E-state index in [0.717, 1.165) is 21.9 Å². The Balaban J connectivity index is 1.44. The zero-order valence-electron chi connectivity index (χ0n) is 19.5. The minimum atomic E-state index is -3.75. The first kappa shape index (κ1) is 25.3. The number of hydrogen-bond acceptors (Lipinski definition) is 7. The fourth-order valence-electron chi connectivity index (χ4n) is 3.67. The molecule has 0 aliphatic rings. The number of benzene rings is 3. The summed E-state index contributed by atoms with van der Waals surface area (Å²) in [5.41, 5.74) is 1.64. The molecule has 0 bridgehead atoms. The zero-order chi connectivity index (χ0) is 25.4. The summed E-state index contributed by atoms with van der Waals surface area (Å²) in [6, 6.07) is 22.5. The van der Waals surface area contributed by atoms with Gasteiger partial charge >= 0.3 is 6.09 Å². The highest BCUT2D eigenvalue weighted by Crippen LogP contribution is 2.25. The molecule has 0 aliphatic heterocycles. The number of amides is 1. The van der Waals surface area contributed by atoms with Gasteiger partial charge in [0.2, 0.25) is 11.7 Å². The van der Waals surface area contributed by atoms with Crippen LogP contribution < -0.4 is 15.2 Å². The van der Waals surface area contributed by atoms with Crippen molar-refractivity contribution in [2.24, 2.45) is 5.14 Å². The molecule has 1 aromatic heterocycles. The number of nitrogens with two attached hydrogens (primary N) is 1. The number of carbonyl (C=O) groups excluding carboxylic acids is 1. The highest BCUT2D eigenvalue weighted by molar-refractivity contribution is 7.87. The molecule has 1 amide bonds. The number of nitrogens with zero attached hydrogens (tertiary/aromatic N) is 2. The van der Waals surface area contributed by atoms with Crippen molar-refractivity contribution in [3.63, 3.8) is 0 Å². The quantitative estimate of drug-likeness (QED) is 0.260. The second-order valence-electron chi connectivity index (χ2n) is 8.21. The first-order valence-electron chi connectivity index (χ1n) is 11.4. The summed E-state index contributed by atoms with van der Waals surface area (Å²) >= 11 is 0. The molecule has 4 N–H and O–H groups in total. The van der Waals surface area contributed by atoms with Gasteiger partial charge in [-0.1, -0.05) is 71.9 Å². The van der Waals surface area contributed by atoms with Crippen LogP contribution in [0.3, 0.4) is 0 Å². The van der Waals surface area contributed by atoms with Crippen LogP contribution in [0.2, 0.25) is 0 Å². The summed E-state index contributed by atoms with van der Waals surface area (Å²) in [7, 11) is -3.75. The summed E-state index contributed by atoms with van der Waals surface area (Å²) in [5, 5.41) is 14.0. The second-order valence-corrected chi connectivity index (χ2v) is 9.59. The lowest BCUT2D eigenvalue weighted by molar-refractivity contribution is 0.132. The van der Waals surface area contributed by atoms with Crippen LogP contribution in [-0.4, -0.2) is 31.2 Å². The number of alkyl carbamates (subject to hydrolysis) is 1. The van der Waals surface area contributed by atoms with E-state index in [9.17, 15) is 13.2 Å². The normalized spacial score (nSPS) is 12.4. The number of rotatable bonds is 11. The van der Waals surface area contributed by atoms with E-state index in [-0.39, 0.29) is 19.0 Å². The molecule has 4 rings (SSSR count). The van der Waals surface area contributed by atoms with Gasteiger partial charge in [-0.25, -0.2) is 14.7 Å². The number of nitrogens with one attached hydrogen (secondary N) is 2. The molecule has 1 heterocycles. The lowest BCUT2D eigenvalue weighted by Gasteiger charge is -2.15. The molecular weight excluding hydrogens is 482 g/mol. The van der Waals surface area contributed by atoms with Crippen LogP contribution in [0.15, 0.2) is 77.3 Å². The van der Waals surface area contributed by atoms with E-state index in [4.69, 9.17) is 14.4 Å². The summed E-state index contributed by atoms with van der Waals surface area (Å²) in [6.45, 7) is 0.292. The molecule has 36 heavy (non-hydrogen) atoms. The third-order valence-corrected chi connectivity index (χ3v) is 6.08. The smallest absolute Gasteiger partial charge is 0.408 e. The molecule has 0 aliphatic carbocycles. The van der Waals surface area contributed by atoms with Gasteiger partial charge in [-0.3, -0.25) is 0 Å². The number of aromatic nitrogens is 2. The van der Waals surface area contributed by atoms with Gasteiger partial charge < -0.3 is 14.6 Å². The molecule has 0 unspecified atom stereocenters. The van der Waals surface area contributed by atoms with Crippen LogP contribution in [0.4, 0.5) is 4.79 Å². The third-order valence-electron chi connectivity index (χ3n) is 5.48. The predicted molar refractivity (Wildman–Crippen MR) is 135 cm³/mol. The molecule has 0 radical (unpaired) electrons. The average molecular weight is 510 g/mol. The van der Waals surface area contributed by atoms with Crippen molar-refractivity contribution in [3.05, 3.63) is 84.3 Å². The molecule has 0 fully saturated rings. The predicted octanol–water partition coefficient (Wildman–Crippen LogP) is 3.82. The molecule has 188 valence electrons. The van der Waals surface area contributed by atoms with E-state index in [1.54, 1.807) is 0 Å². The fourth-order valence-corrected chi connectivity index (χ4v) is 4.10. The molecule has 0 spiro atoms. The van der Waals surface area contributed by atoms with E-state index in [1.165, 1.54) is 0 Å². The molecule has 0 saturated carbocycles. The van der Waals surface area contributed by atoms with Gasteiger partial charge in [-0.2, -0.15) is 13.4 Å². The van der Waals surface area contributed by atoms with Gasteiger partial charge in [-0.05, 0) is 41.7 Å². The molecular formula is C25H27N5O5S. The average Bonchev–Trinajstić information content (AvgIpc) is 3.36. The largest absolute Gasteiger partial charge is 0.445 e. The summed E-state index contributed by atoms with van der Waals surface area (Å²) < 4.78 is 35.2. The molecule has 10 nitrogen and oxygen atoms in total. The first-order chi connectivity index (χ1) is 17.4. The Morgan fingerprint density at radius 3 is 2.53 bits per heavy atom. The van der Waals surface area contributed by atoms with Crippen LogP contribution in [0, 0.1) is 0 Å². The molecule has 4 aromatic rings. The van der Waals surface area contributed by atoms with Gasteiger partial charge in [0.25, 0.3) is 10.2 Å². The number of hydrogen-bond donors (Lipinski definition) is 3. The third kappa shape index (κ3) is 7.35. The zero-order valence-corrected chi connectivity index (χ0v) is 20.3. The van der Waals surface area contributed by atoms with E-state index in [1.807, 2.05) is 72.8 Å². The van der Waals surface area contributed by atoms with Crippen LogP contribution in [0.5, 0.6) is 0 Å². The summed E-state index contributed by atoms with van der Waals surface area (Å²) in [5.74, 6) is 0.630. The van der Waals surface area contributed by atoms with Crippen molar-refractivity contribution in [2.75, 3.05) is 6.54 Å². The Labute approximate surface area is 209 Å². The lowest BCUT2D eigenvalue weighted by atomic mass is 10.1. The van der Waals surface area contributed by atoms with Gasteiger partial charge in [-0.15, -0.1) is 0 Å². The van der Waals surface area contributed by atoms with Gasteiger partial charge in [0.1, 0.15) is 12.6 Å². The first-order valence-corrected chi connectivity index (χ1v) is 13.0. The Bertz CT molecular complexity index is 1410. The topological polar surface area (TPSA) is 149 Å². The maximum Gasteiger partial charge on any atom is 0.408 e. The monoisotopic (exact) mass is 509 g/mol. The van der Waals surface area contributed by atoms with E-state index in [2.05, 4.69) is 20.2 Å². The van der Waals surface area contributed by atoms with E-state index < -0.39 is 22.3 Å². The SMILES string of the molecule is NS(=O)(=O)NCCCC[C@H](NC(=O)OCc1ccccc1)c1nc(-c2ccc3ccccc3c2)no1. The lowest BCUT2D eigenvalue weighted by Crippen LogP contribution is -2.32. The van der Waals surface area contributed by atoms with Crippen molar-refractivity contribution in [1.29, 1.82) is 0 Å². The van der Waals surface area contributed by atoms with E-state index in [0.29, 0.717) is 25.1 Å². The maximum atomic E-state index is 12.5. The summed E-state index contributed by atoms with van der Waals surface area (Å²) in [6.07, 6.45) is 0.850. The Kier molecular flexibility index (Phi) is 8.26.